The molecular weight excluding hydrogens is 250 g/mol. The summed E-state index contributed by atoms with van der Waals surface area (Å²) < 4.78 is 0. The van der Waals surface area contributed by atoms with Crippen LogP contribution in [0.4, 0.5) is 0 Å². The quantitative estimate of drug-likeness (QED) is 0.896. The third-order valence-corrected chi connectivity index (χ3v) is 3.90. The number of hydrogen-bond donors (Lipinski definition) is 1. The topological polar surface area (TPSA) is 45.2 Å². The van der Waals surface area contributed by atoms with Gasteiger partial charge in [0.25, 0.3) is 5.91 Å². The van der Waals surface area contributed by atoms with Crippen LogP contribution in [0.15, 0.2) is 18.3 Å². The van der Waals surface area contributed by atoms with Crippen LogP contribution in [0, 0.1) is 12.8 Å². The summed E-state index contributed by atoms with van der Waals surface area (Å²) in [5.74, 6) is 0.708. The lowest BCUT2D eigenvalue weighted by molar-refractivity contribution is 0.0717. The Bertz CT molecular complexity index is 441. The maximum atomic E-state index is 12.7. The molecule has 0 aliphatic carbocycles. The minimum absolute atomic E-state index is 0.128. The minimum atomic E-state index is 0.128. The molecule has 0 aromatic carbocycles. The molecule has 1 aliphatic heterocycles. The van der Waals surface area contributed by atoms with Gasteiger partial charge in [-0.25, -0.2) is 0 Å². The van der Waals surface area contributed by atoms with Gasteiger partial charge < -0.3 is 10.2 Å². The van der Waals surface area contributed by atoms with E-state index in [1.54, 1.807) is 6.20 Å². The Balaban J connectivity index is 2.07. The molecule has 1 aromatic rings. The molecule has 4 heteroatoms. The van der Waals surface area contributed by atoms with Crippen LogP contribution in [-0.4, -0.2) is 42.0 Å². The predicted octanol–water partition coefficient (Wildman–Crippen LogP) is 2.24. The first-order valence-corrected chi connectivity index (χ1v) is 7.64. The standard InChI is InChI=1S/C16H25N3O/c1-3-10-19(12-14-6-4-8-17-11-14)16(20)15-7-5-9-18-13(15)2/h5,7,9,14,17H,3-4,6,8,10-12H2,1-2H3. The molecule has 0 radical (unpaired) electrons. The van der Waals surface area contributed by atoms with Gasteiger partial charge in [-0.2, -0.15) is 0 Å². The second-order valence-electron chi connectivity index (χ2n) is 5.60. The lowest BCUT2D eigenvalue weighted by atomic mass is 9.98. The minimum Gasteiger partial charge on any atom is -0.338 e. The molecule has 1 unspecified atom stereocenters. The fourth-order valence-corrected chi connectivity index (χ4v) is 2.82. The van der Waals surface area contributed by atoms with Gasteiger partial charge in [-0.05, 0) is 57.3 Å². The van der Waals surface area contributed by atoms with E-state index in [0.717, 1.165) is 43.9 Å². The van der Waals surface area contributed by atoms with Gasteiger partial charge in [-0.15, -0.1) is 0 Å². The van der Waals surface area contributed by atoms with E-state index in [9.17, 15) is 4.79 Å². The van der Waals surface area contributed by atoms with Gasteiger partial charge in [0, 0.05) is 25.0 Å². The number of rotatable bonds is 5. The summed E-state index contributed by atoms with van der Waals surface area (Å²) in [5.41, 5.74) is 1.56. The van der Waals surface area contributed by atoms with Crippen molar-refractivity contribution >= 4 is 5.91 Å². The molecule has 110 valence electrons. The van der Waals surface area contributed by atoms with Gasteiger partial charge in [0.1, 0.15) is 0 Å². The molecule has 1 amide bonds. The van der Waals surface area contributed by atoms with E-state index in [4.69, 9.17) is 0 Å². The molecule has 1 fully saturated rings. The van der Waals surface area contributed by atoms with Crippen molar-refractivity contribution in [1.29, 1.82) is 0 Å². The Hall–Kier alpha value is -1.42. The van der Waals surface area contributed by atoms with Gasteiger partial charge >= 0.3 is 0 Å². The monoisotopic (exact) mass is 275 g/mol. The maximum absolute atomic E-state index is 12.7. The Morgan fingerprint density at radius 2 is 2.40 bits per heavy atom. The molecule has 1 atom stereocenters. The van der Waals surface area contributed by atoms with Crippen molar-refractivity contribution in [3.8, 4) is 0 Å². The second kappa shape index (κ2) is 7.39. The lowest BCUT2D eigenvalue weighted by Gasteiger charge is -2.30. The van der Waals surface area contributed by atoms with Crippen molar-refractivity contribution in [1.82, 2.24) is 15.2 Å². The van der Waals surface area contributed by atoms with E-state index in [1.165, 1.54) is 12.8 Å². The summed E-state index contributed by atoms with van der Waals surface area (Å²) in [5, 5.41) is 3.42. The van der Waals surface area contributed by atoms with Crippen LogP contribution in [0.2, 0.25) is 0 Å². The largest absolute Gasteiger partial charge is 0.338 e. The van der Waals surface area contributed by atoms with E-state index in [1.807, 2.05) is 24.0 Å². The highest BCUT2D eigenvalue weighted by Gasteiger charge is 2.22. The smallest absolute Gasteiger partial charge is 0.255 e. The molecule has 1 N–H and O–H groups in total. The first kappa shape index (κ1) is 15.0. The zero-order chi connectivity index (χ0) is 14.4. The number of carbonyl (C=O) groups is 1. The Morgan fingerprint density at radius 3 is 3.05 bits per heavy atom. The highest BCUT2D eigenvalue weighted by Crippen LogP contribution is 2.15. The fourth-order valence-electron chi connectivity index (χ4n) is 2.82. The molecule has 2 heterocycles. The highest BCUT2D eigenvalue weighted by molar-refractivity contribution is 5.95. The number of nitrogens with one attached hydrogen (secondary N) is 1. The summed E-state index contributed by atoms with van der Waals surface area (Å²) in [6.45, 7) is 7.84. The molecule has 0 saturated carbocycles. The summed E-state index contributed by atoms with van der Waals surface area (Å²) >= 11 is 0. The molecule has 1 saturated heterocycles. The van der Waals surface area contributed by atoms with E-state index in [2.05, 4.69) is 17.2 Å². The number of nitrogens with zero attached hydrogens (tertiary/aromatic N) is 2. The summed E-state index contributed by atoms with van der Waals surface area (Å²) in [4.78, 5) is 18.9. The van der Waals surface area contributed by atoms with Crippen molar-refractivity contribution < 1.29 is 4.79 Å². The average molecular weight is 275 g/mol. The van der Waals surface area contributed by atoms with Crippen LogP contribution in [0.5, 0.6) is 0 Å². The summed E-state index contributed by atoms with van der Waals surface area (Å²) in [7, 11) is 0. The van der Waals surface area contributed by atoms with Gasteiger partial charge in [-0.3, -0.25) is 9.78 Å². The SMILES string of the molecule is CCCN(CC1CCCNC1)C(=O)c1cccnc1C. The van der Waals surface area contributed by atoms with Crippen molar-refractivity contribution in [3.63, 3.8) is 0 Å². The zero-order valence-corrected chi connectivity index (χ0v) is 12.6. The molecule has 2 rings (SSSR count). The van der Waals surface area contributed by atoms with E-state index in [-0.39, 0.29) is 5.91 Å². The first-order valence-electron chi connectivity index (χ1n) is 7.64. The second-order valence-corrected chi connectivity index (χ2v) is 5.60. The van der Waals surface area contributed by atoms with Gasteiger partial charge in [-0.1, -0.05) is 6.92 Å². The number of carbonyl (C=O) groups excluding carboxylic acids is 1. The van der Waals surface area contributed by atoms with Gasteiger partial charge in [0.05, 0.1) is 5.56 Å². The predicted molar refractivity (Wildman–Crippen MR) is 80.8 cm³/mol. The Morgan fingerprint density at radius 1 is 1.55 bits per heavy atom. The van der Waals surface area contributed by atoms with Crippen LogP contribution < -0.4 is 5.32 Å². The van der Waals surface area contributed by atoms with Crippen molar-refractivity contribution in [3.05, 3.63) is 29.6 Å². The molecule has 1 aliphatic rings. The molecule has 20 heavy (non-hydrogen) atoms. The van der Waals surface area contributed by atoms with Crippen molar-refractivity contribution in [2.24, 2.45) is 5.92 Å². The molecule has 4 nitrogen and oxygen atoms in total. The maximum Gasteiger partial charge on any atom is 0.255 e. The number of aromatic nitrogens is 1. The van der Waals surface area contributed by atoms with Gasteiger partial charge in [0.2, 0.25) is 0 Å². The van der Waals surface area contributed by atoms with Crippen LogP contribution >= 0.6 is 0 Å². The molecule has 0 spiro atoms. The van der Waals surface area contributed by atoms with Crippen molar-refractivity contribution in [2.75, 3.05) is 26.2 Å². The van der Waals surface area contributed by atoms with Crippen LogP contribution in [0.1, 0.15) is 42.2 Å². The molecular formula is C16H25N3O. The van der Waals surface area contributed by atoms with Crippen LogP contribution in [0.3, 0.4) is 0 Å². The third kappa shape index (κ3) is 3.79. The Labute approximate surface area is 121 Å². The van der Waals surface area contributed by atoms with E-state index in [0.29, 0.717) is 5.92 Å². The number of aryl methyl sites for hydroxylation is 1. The van der Waals surface area contributed by atoms with Gasteiger partial charge in [0.15, 0.2) is 0 Å². The first-order chi connectivity index (χ1) is 9.72. The van der Waals surface area contributed by atoms with E-state index >= 15 is 0 Å². The highest BCUT2D eigenvalue weighted by atomic mass is 16.2. The summed E-state index contributed by atoms with van der Waals surface area (Å²) in [6, 6.07) is 3.72. The summed E-state index contributed by atoms with van der Waals surface area (Å²) in [6.07, 6.45) is 5.16. The third-order valence-electron chi connectivity index (χ3n) is 3.90. The normalized spacial score (nSPS) is 18.8. The molecule has 1 aromatic heterocycles. The van der Waals surface area contributed by atoms with Crippen LogP contribution in [0.25, 0.3) is 0 Å². The fraction of sp³-hybridized carbons (Fsp3) is 0.625. The lowest BCUT2D eigenvalue weighted by Crippen LogP contribution is -2.41. The number of hydrogen-bond acceptors (Lipinski definition) is 3. The number of piperidine rings is 1. The van der Waals surface area contributed by atoms with Crippen LogP contribution in [-0.2, 0) is 0 Å². The average Bonchev–Trinajstić information content (AvgIpc) is 2.48. The van der Waals surface area contributed by atoms with E-state index < -0.39 is 0 Å². The number of amides is 1. The molecule has 0 bridgehead atoms. The zero-order valence-electron chi connectivity index (χ0n) is 12.6. The van der Waals surface area contributed by atoms with Crippen molar-refractivity contribution in [2.45, 2.75) is 33.1 Å². The Kier molecular flexibility index (Phi) is 5.53. The number of pyridine rings is 1.